The topological polar surface area (TPSA) is 240 Å². The van der Waals surface area contributed by atoms with Crippen LogP contribution >= 0.6 is 26.9 Å². The van der Waals surface area contributed by atoms with E-state index in [0.717, 1.165) is 6.33 Å². The summed E-state index contributed by atoms with van der Waals surface area (Å²) in [5.41, 5.74) is 12.4. The summed E-state index contributed by atoms with van der Waals surface area (Å²) in [4.78, 5) is 34.7. The van der Waals surface area contributed by atoms with Gasteiger partial charge in [0, 0.05) is 5.92 Å². The predicted octanol–water partition coefficient (Wildman–Crippen LogP) is 1.92. The molecule has 7 rings (SSSR count). The number of halogens is 2. The van der Waals surface area contributed by atoms with Gasteiger partial charge in [0.15, 0.2) is 35.3 Å². The lowest BCUT2D eigenvalue weighted by Crippen LogP contribution is -2.35. The lowest BCUT2D eigenvalue weighted by atomic mass is 10.1. The molecule has 2 aliphatic heterocycles. The number of phosphoric acid groups is 1. The van der Waals surface area contributed by atoms with Crippen LogP contribution in [0.2, 0.25) is 0 Å². The zero-order valence-electron chi connectivity index (χ0n) is 22.2. The molecule has 0 amide bonds. The second kappa shape index (κ2) is 10.9. The van der Waals surface area contributed by atoms with Gasteiger partial charge in [0.1, 0.15) is 48.2 Å². The molecule has 1 aliphatic carbocycles. The van der Waals surface area contributed by atoms with E-state index in [2.05, 4.69) is 42.2 Å². The predicted molar refractivity (Wildman–Crippen MR) is 148 cm³/mol. The molecule has 0 bridgehead atoms. The van der Waals surface area contributed by atoms with Crippen molar-refractivity contribution >= 4 is 60.8 Å². The van der Waals surface area contributed by atoms with Crippen LogP contribution < -0.4 is 11.5 Å². The molecule has 23 heteroatoms. The SMILES string of the molecule is Nc1ncnc2c1ncn2[C@@H]1C[C@@H]2COP(=O)(O)O[C@@H]3[C@H](F)[C@H](n4cnc5c(N)ncnc54)O[C@@H]3COP(=O)(S)OC2[C@@H]1F. The molecule has 0 aromatic carbocycles. The largest absolute Gasteiger partial charge is 0.472 e. The van der Waals surface area contributed by atoms with Crippen LogP contribution in [0.4, 0.5) is 20.4 Å². The molecule has 10 atom stereocenters. The maximum atomic E-state index is 16.0. The van der Waals surface area contributed by atoms with E-state index in [1.54, 1.807) is 0 Å². The van der Waals surface area contributed by atoms with E-state index < -0.39 is 76.7 Å². The number of ether oxygens (including phenoxy) is 1. The van der Waals surface area contributed by atoms with Gasteiger partial charge in [-0.2, -0.15) is 0 Å². The molecule has 3 aliphatic rings. The summed E-state index contributed by atoms with van der Waals surface area (Å²) in [7, 11) is -5.00. The zero-order chi connectivity index (χ0) is 31.0. The molecule has 4 aromatic rings. The van der Waals surface area contributed by atoms with Crippen molar-refractivity contribution in [3.8, 4) is 0 Å². The third kappa shape index (κ3) is 5.15. The Labute approximate surface area is 250 Å². The molecule has 1 saturated carbocycles. The van der Waals surface area contributed by atoms with Gasteiger partial charge in [-0.15, -0.1) is 0 Å². The molecule has 4 aromatic heterocycles. The number of hydrogen-bond donors (Lipinski definition) is 4. The number of thiol groups is 1. The number of alkyl halides is 2. The van der Waals surface area contributed by atoms with Crippen LogP contribution in [0.15, 0.2) is 25.3 Å². The molecule has 236 valence electrons. The summed E-state index contributed by atoms with van der Waals surface area (Å²) in [5.74, 6) is -0.849. The lowest BCUT2D eigenvalue weighted by Gasteiger charge is -2.28. The van der Waals surface area contributed by atoms with Gasteiger partial charge in [0.05, 0.1) is 31.9 Å². The zero-order valence-corrected chi connectivity index (χ0v) is 24.9. The van der Waals surface area contributed by atoms with E-state index in [1.807, 2.05) is 0 Å². The minimum absolute atomic E-state index is 0.0345. The number of fused-ring (bicyclic) bond motifs is 4. The summed E-state index contributed by atoms with van der Waals surface area (Å²) in [6.45, 7) is -5.64. The fourth-order valence-corrected chi connectivity index (χ4v) is 8.22. The van der Waals surface area contributed by atoms with E-state index in [9.17, 15) is 14.0 Å². The van der Waals surface area contributed by atoms with Crippen molar-refractivity contribution in [1.29, 1.82) is 0 Å². The first kappa shape index (κ1) is 29.8. The van der Waals surface area contributed by atoms with Crippen molar-refractivity contribution in [1.82, 2.24) is 39.0 Å². The Bertz CT molecular complexity index is 1710. The van der Waals surface area contributed by atoms with Crippen LogP contribution in [0.25, 0.3) is 22.3 Å². The van der Waals surface area contributed by atoms with Crippen LogP contribution in [0, 0.1) is 5.92 Å². The molecule has 3 fully saturated rings. The van der Waals surface area contributed by atoms with Gasteiger partial charge in [-0.1, -0.05) is 12.2 Å². The van der Waals surface area contributed by atoms with E-state index in [0.29, 0.717) is 0 Å². The number of nitrogens with zero attached hydrogens (tertiary/aromatic N) is 8. The van der Waals surface area contributed by atoms with E-state index in [-0.39, 0.29) is 40.4 Å². The van der Waals surface area contributed by atoms with Crippen molar-refractivity contribution in [3.63, 3.8) is 0 Å². The van der Waals surface area contributed by atoms with Crippen molar-refractivity contribution in [2.45, 2.75) is 49.3 Å². The standard InChI is InChI=1S/C21H24F2N10O8P2S/c22-11-9(32-6-30-13-17(24)26-4-28-19(13)32)1-8-2-37-42(34,35)40-16-10(3-38-43(36,44)41-15(8)11)39-21(12(16)23)33-7-31-14-18(25)27-5-29-20(14)33/h4-12,15-16,21H,1-3H2,(H,34,35)(H,36,44)(H2,24,26,28)(H2,25,27,29)/t8-,9-,10-,11-,12+,15?,16+,21-,43?/m1/s1. The Morgan fingerprint density at radius 3 is 2.18 bits per heavy atom. The van der Waals surface area contributed by atoms with Crippen molar-refractivity contribution in [2.75, 3.05) is 24.7 Å². The quantitative estimate of drug-likeness (QED) is 0.175. The molecular weight excluding hydrogens is 652 g/mol. The Hall–Kier alpha value is -2.87. The smallest absolute Gasteiger partial charge is 0.382 e. The summed E-state index contributed by atoms with van der Waals surface area (Å²) >= 11 is 4.01. The summed E-state index contributed by atoms with van der Waals surface area (Å²) in [5, 5.41) is 0. The minimum atomic E-state index is -5.00. The van der Waals surface area contributed by atoms with Crippen molar-refractivity contribution < 1.29 is 45.6 Å². The van der Waals surface area contributed by atoms with Crippen LogP contribution in [-0.2, 0) is 32.0 Å². The van der Waals surface area contributed by atoms with Crippen molar-refractivity contribution in [3.05, 3.63) is 25.3 Å². The van der Waals surface area contributed by atoms with Gasteiger partial charge in [-0.3, -0.25) is 22.7 Å². The molecule has 18 nitrogen and oxygen atoms in total. The van der Waals surface area contributed by atoms with Gasteiger partial charge in [0.2, 0.25) is 0 Å². The van der Waals surface area contributed by atoms with Gasteiger partial charge >= 0.3 is 14.6 Å². The average molecular weight is 676 g/mol. The molecule has 44 heavy (non-hydrogen) atoms. The van der Waals surface area contributed by atoms with Gasteiger partial charge in [-0.25, -0.2) is 47.8 Å². The molecule has 5 N–H and O–H groups in total. The van der Waals surface area contributed by atoms with Crippen molar-refractivity contribution in [2.24, 2.45) is 5.92 Å². The number of imidazole rings is 2. The van der Waals surface area contributed by atoms with Crippen LogP contribution in [0.3, 0.4) is 0 Å². The number of phosphoric ester groups is 1. The fraction of sp³-hybridized carbons (Fsp3) is 0.524. The van der Waals surface area contributed by atoms with Crippen LogP contribution in [-0.4, -0.2) is 87.8 Å². The number of nitrogen functional groups attached to an aromatic ring is 2. The highest BCUT2D eigenvalue weighted by Crippen LogP contribution is 2.59. The van der Waals surface area contributed by atoms with Gasteiger partial charge in [-0.05, 0) is 6.42 Å². The highest BCUT2D eigenvalue weighted by atomic mass is 32.7. The lowest BCUT2D eigenvalue weighted by molar-refractivity contribution is -0.0484. The first-order valence-corrected chi connectivity index (χ1v) is 17.2. The van der Waals surface area contributed by atoms with Crippen LogP contribution in [0.1, 0.15) is 18.7 Å². The van der Waals surface area contributed by atoms with E-state index >= 15 is 8.78 Å². The minimum Gasteiger partial charge on any atom is -0.382 e. The second-order valence-electron chi connectivity index (χ2n) is 10.4. The number of nitrogens with two attached hydrogens (primary N) is 2. The fourth-order valence-electron chi connectivity index (χ4n) is 5.70. The third-order valence-electron chi connectivity index (χ3n) is 7.73. The maximum absolute atomic E-state index is 16.0. The highest BCUT2D eigenvalue weighted by Gasteiger charge is 2.54. The van der Waals surface area contributed by atoms with Crippen LogP contribution in [0.5, 0.6) is 0 Å². The Morgan fingerprint density at radius 2 is 1.50 bits per heavy atom. The van der Waals surface area contributed by atoms with Gasteiger partial charge in [0.25, 0.3) is 0 Å². The Kier molecular flexibility index (Phi) is 7.38. The maximum Gasteiger partial charge on any atom is 0.472 e. The monoisotopic (exact) mass is 676 g/mol. The van der Waals surface area contributed by atoms with E-state index in [4.69, 9.17) is 34.3 Å². The summed E-state index contributed by atoms with van der Waals surface area (Å²) < 4.78 is 88.1. The summed E-state index contributed by atoms with van der Waals surface area (Å²) in [6, 6.07) is -0.994. The van der Waals surface area contributed by atoms with Gasteiger partial charge < -0.3 is 25.7 Å². The molecule has 0 radical (unpaired) electrons. The first-order valence-electron chi connectivity index (χ1n) is 13.0. The number of aromatic nitrogens is 8. The average Bonchev–Trinajstić information content (AvgIpc) is 3.73. The number of rotatable bonds is 2. The second-order valence-corrected chi connectivity index (χ2v) is 14.6. The normalized spacial score (nSPS) is 38.3. The molecule has 3 unspecified atom stereocenters. The number of hydrogen-bond acceptors (Lipinski definition) is 15. The molecule has 6 heterocycles. The molecule has 0 spiro atoms. The molecular formula is C21H24F2N10O8P2S. The molecule has 2 saturated heterocycles. The third-order valence-corrected chi connectivity index (χ3v) is 10.3. The Morgan fingerprint density at radius 1 is 0.864 bits per heavy atom. The Balaban J connectivity index is 1.17. The summed E-state index contributed by atoms with van der Waals surface area (Å²) in [6.07, 6.45) is -5.32. The highest BCUT2D eigenvalue weighted by molar-refractivity contribution is 8.44. The van der Waals surface area contributed by atoms with E-state index in [1.165, 1.54) is 28.1 Å². The first-order chi connectivity index (χ1) is 20.9. The number of anilines is 2.